The number of nitrogens with one attached hydrogen (secondary N) is 1. The summed E-state index contributed by atoms with van der Waals surface area (Å²) < 4.78 is 7.03. The molecule has 1 N–H and O–H groups in total. The molecule has 0 radical (unpaired) electrons. The SMILES string of the molecule is O=c1nc(-c2ccc3[nH]c(-c4ccccc4)nc3c2)ccn1CCN1CCOCC1. The quantitative estimate of drug-likeness (QED) is 0.557. The second-order valence-corrected chi connectivity index (χ2v) is 7.43. The highest BCUT2D eigenvalue weighted by Gasteiger charge is 2.11. The summed E-state index contributed by atoms with van der Waals surface area (Å²) >= 11 is 0. The maximum absolute atomic E-state index is 12.5. The van der Waals surface area contributed by atoms with Gasteiger partial charge in [-0.05, 0) is 18.2 Å². The molecule has 152 valence electrons. The molecule has 2 aromatic heterocycles. The normalized spacial score (nSPS) is 14.9. The molecule has 7 nitrogen and oxygen atoms in total. The Hall–Kier alpha value is -3.29. The Labute approximate surface area is 174 Å². The summed E-state index contributed by atoms with van der Waals surface area (Å²) in [7, 11) is 0. The Kier molecular flexibility index (Phi) is 5.13. The molecule has 30 heavy (non-hydrogen) atoms. The summed E-state index contributed by atoms with van der Waals surface area (Å²) in [6, 6.07) is 17.8. The number of aromatic nitrogens is 4. The molecule has 4 aromatic rings. The van der Waals surface area contributed by atoms with E-state index >= 15 is 0 Å². The molecule has 2 aromatic carbocycles. The van der Waals surface area contributed by atoms with Crippen molar-refractivity contribution in [3.8, 4) is 22.6 Å². The van der Waals surface area contributed by atoms with Gasteiger partial charge < -0.3 is 9.72 Å². The Morgan fingerprint density at radius 3 is 2.57 bits per heavy atom. The van der Waals surface area contributed by atoms with Gasteiger partial charge in [-0.2, -0.15) is 4.98 Å². The lowest BCUT2D eigenvalue weighted by atomic mass is 10.1. The van der Waals surface area contributed by atoms with Crippen LogP contribution in [0.1, 0.15) is 0 Å². The lowest BCUT2D eigenvalue weighted by molar-refractivity contribution is 0.0362. The van der Waals surface area contributed by atoms with Gasteiger partial charge in [-0.3, -0.25) is 9.47 Å². The van der Waals surface area contributed by atoms with E-state index in [9.17, 15) is 4.79 Å². The molecular weight excluding hydrogens is 378 g/mol. The Balaban J connectivity index is 1.37. The highest BCUT2D eigenvalue weighted by molar-refractivity contribution is 5.83. The minimum Gasteiger partial charge on any atom is -0.379 e. The number of nitrogens with zero attached hydrogens (tertiary/aromatic N) is 4. The molecule has 5 rings (SSSR count). The van der Waals surface area contributed by atoms with Crippen LogP contribution in [-0.2, 0) is 11.3 Å². The van der Waals surface area contributed by atoms with E-state index in [2.05, 4.69) is 14.9 Å². The number of imidazole rings is 1. The fraction of sp³-hybridized carbons (Fsp3) is 0.261. The van der Waals surface area contributed by atoms with Gasteiger partial charge in [-0.25, -0.2) is 9.78 Å². The molecule has 0 aliphatic carbocycles. The van der Waals surface area contributed by atoms with Gasteiger partial charge in [0.25, 0.3) is 0 Å². The number of benzene rings is 2. The minimum atomic E-state index is -0.229. The van der Waals surface area contributed by atoms with Gasteiger partial charge in [0.05, 0.1) is 29.9 Å². The summed E-state index contributed by atoms with van der Waals surface area (Å²) in [6.07, 6.45) is 1.83. The number of rotatable bonds is 5. The molecule has 1 aliphatic heterocycles. The fourth-order valence-corrected chi connectivity index (χ4v) is 3.73. The van der Waals surface area contributed by atoms with Crippen molar-refractivity contribution in [2.24, 2.45) is 0 Å². The number of aromatic amines is 1. The summed E-state index contributed by atoms with van der Waals surface area (Å²) in [4.78, 5) is 27.2. The first kappa shape index (κ1) is 18.7. The van der Waals surface area contributed by atoms with Crippen molar-refractivity contribution >= 4 is 11.0 Å². The lowest BCUT2D eigenvalue weighted by Crippen LogP contribution is -2.39. The largest absolute Gasteiger partial charge is 0.379 e. The van der Waals surface area contributed by atoms with E-state index in [1.807, 2.05) is 60.8 Å². The number of H-pyrrole nitrogens is 1. The summed E-state index contributed by atoms with van der Waals surface area (Å²) in [5, 5.41) is 0. The predicted molar refractivity (Wildman–Crippen MR) is 116 cm³/mol. The number of hydrogen-bond acceptors (Lipinski definition) is 5. The topological polar surface area (TPSA) is 76.0 Å². The van der Waals surface area contributed by atoms with Crippen LogP contribution in [0.3, 0.4) is 0 Å². The third-order valence-electron chi connectivity index (χ3n) is 5.46. The van der Waals surface area contributed by atoms with E-state index in [-0.39, 0.29) is 5.69 Å². The molecular formula is C23H23N5O2. The maximum Gasteiger partial charge on any atom is 0.348 e. The van der Waals surface area contributed by atoms with E-state index in [4.69, 9.17) is 9.72 Å². The number of ether oxygens (including phenoxy) is 1. The molecule has 1 saturated heterocycles. The van der Waals surface area contributed by atoms with E-state index in [1.54, 1.807) is 4.57 Å². The summed E-state index contributed by atoms with van der Waals surface area (Å²) in [5.41, 5.74) is 4.16. The number of hydrogen-bond donors (Lipinski definition) is 1. The molecule has 1 fully saturated rings. The molecule has 7 heteroatoms. The Morgan fingerprint density at radius 1 is 0.933 bits per heavy atom. The third kappa shape index (κ3) is 3.90. The first-order chi connectivity index (χ1) is 14.8. The van der Waals surface area contributed by atoms with Crippen molar-refractivity contribution in [1.29, 1.82) is 0 Å². The van der Waals surface area contributed by atoms with Crippen LogP contribution >= 0.6 is 0 Å². The van der Waals surface area contributed by atoms with E-state index < -0.39 is 0 Å². The van der Waals surface area contributed by atoms with Crippen molar-refractivity contribution in [3.05, 3.63) is 71.3 Å². The second kappa shape index (κ2) is 8.22. The van der Waals surface area contributed by atoms with Crippen molar-refractivity contribution in [2.75, 3.05) is 32.8 Å². The molecule has 0 amide bonds. The van der Waals surface area contributed by atoms with E-state index in [1.165, 1.54) is 0 Å². The average molecular weight is 401 g/mol. The van der Waals surface area contributed by atoms with Crippen LogP contribution in [0.5, 0.6) is 0 Å². The van der Waals surface area contributed by atoms with Gasteiger partial charge in [-0.15, -0.1) is 0 Å². The molecule has 1 aliphatic rings. The van der Waals surface area contributed by atoms with Gasteiger partial charge in [0.2, 0.25) is 0 Å². The molecule has 3 heterocycles. The van der Waals surface area contributed by atoms with Crippen molar-refractivity contribution in [3.63, 3.8) is 0 Å². The first-order valence-electron chi connectivity index (χ1n) is 10.2. The van der Waals surface area contributed by atoms with Crippen LogP contribution < -0.4 is 5.69 Å². The minimum absolute atomic E-state index is 0.229. The van der Waals surface area contributed by atoms with Gasteiger partial charge in [-0.1, -0.05) is 36.4 Å². The van der Waals surface area contributed by atoms with Crippen molar-refractivity contribution in [2.45, 2.75) is 6.54 Å². The van der Waals surface area contributed by atoms with Gasteiger partial charge in [0.1, 0.15) is 5.82 Å². The zero-order valence-corrected chi connectivity index (χ0v) is 16.6. The van der Waals surface area contributed by atoms with Gasteiger partial charge >= 0.3 is 5.69 Å². The highest BCUT2D eigenvalue weighted by atomic mass is 16.5. The van der Waals surface area contributed by atoms with Crippen LogP contribution in [0.4, 0.5) is 0 Å². The smallest absolute Gasteiger partial charge is 0.348 e. The average Bonchev–Trinajstić information content (AvgIpc) is 3.23. The molecule has 0 spiro atoms. The van der Waals surface area contributed by atoms with Crippen LogP contribution in [0.15, 0.2) is 65.6 Å². The molecule has 0 bridgehead atoms. The number of morpholine rings is 1. The fourth-order valence-electron chi connectivity index (χ4n) is 3.73. The van der Waals surface area contributed by atoms with Gasteiger partial charge in [0, 0.05) is 43.5 Å². The van der Waals surface area contributed by atoms with Gasteiger partial charge in [0.15, 0.2) is 0 Å². The standard InChI is InChI=1S/C23H23N5O2/c29-23-26-19(8-9-28(23)11-10-27-12-14-30-15-13-27)18-6-7-20-21(16-18)25-22(24-20)17-4-2-1-3-5-17/h1-9,16H,10-15H2,(H,24,25). The van der Waals surface area contributed by atoms with Crippen LogP contribution in [-0.4, -0.2) is 57.3 Å². The third-order valence-corrected chi connectivity index (χ3v) is 5.46. The van der Waals surface area contributed by atoms with E-state index in [0.29, 0.717) is 12.2 Å². The molecule has 0 unspecified atom stereocenters. The van der Waals surface area contributed by atoms with Crippen LogP contribution in [0.25, 0.3) is 33.7 Å². The molecule has 0 atom stereocenters. The molecule has 0 saturated carbocycles. The zero-order chi connectivity index (χ0) is 20.3. The summed E-state index contributed by atoms with van der Waals surface area (Å²) in [5.74, 6) is 0.828. The van der Waals surface area contributed by atoms with Crippen LogP contribution in [0, 0.1) is 0 Å². The highest BCUT2D eigenvalue weighted by Crippen LogP contribution is 2.24. The van der Waals surface area contributed by atoms with Crippen molar-refractivity contribution < 1.29 is 4.74 Å². The Morgan fingerprint density at radius 2 is 1.77 bits per heavy atom. The van der Waals surface area contributed by atoms with Crippen molar-refractivity contribution in [1.82, 2.24) is 24.4 Å². The Bertz CT molecular complexity index is 1210. The first-order valence-corrected chi connectivity index (χ1v) is 10.2. The van der Waals surface area contributed by atoms with E-state index in [0.717, 1.165) is 60.8 Å². The lowest BCUT2D eigenvalue weighted by Gasteiger charge is -2.26. The van der Waals surface area contributed by atoms with Crippen LogP contribution in [0.2, 0.25) is 0 Å². The maximum atomic E-state index is 12.5. The number of fused-ring (bicyclic) bond motifs is 1. The monoisotopic (exact) mass is 401 g/mol. The second-order valence-electron chi connectivity index (χ2n) is 7.43. The predicted octanol–water partition coefficient (Wildman–Crippen LogP) is 2.79. The zero-order valence-electron chi connectivity index (χ0n) is 16.6. The summed E-state index contributed by atoms with van der Waals surface area (Å²) in [6.45, 7) is 4.79.